The van der Waals surface area contributed by atoms with E-state index in [1.54, 1.807) is 0 Å². The molecule has 1 fully saturated rings. The molecule has 0 aliphatic carbocycles. The van der Waals surface area contributed by atoms with Crippen molar-refractivity contribution in [2.24, 2.45) is 0 Å². The molecule has 1 amide bonds. The van der Waals surface area contributed by atoms with Crippen LogP contribution in [0.2, 0.25) is 0 Å². The quantitative estimate of drug-likeness (QED) is 0.714. The third-order valence-electron chi connectivity index (χ3n) is 2.91. The molecule has 16 heavy (non-hydrogen) atoms. The Morgan fingerprint density at radius 1 is 1.56 bits per heavy atom. The van der Waals surface area contributed by atoms with Crippen molar-refractivity contribution in [1.82, 2.24) is 10.3 Å². The molecule has 86 valence electrons. The van der Waals surface area contributed by atoms with Crippen molar-refractivity contribution in [2.75, 3.05) is 23.7 Å². The summed E-state index contributed by atoms with van der Waals surface area (Å²) in [6, 6.07) is 3.51. The van der Waals surface area contributed by atoms with Crippen LogP contribution in [0.4, 0.5) is 11.5 Å². The van der Waals surface area contributed by atoms with E-state index in [2.05, 4.69) is 10.3 Å². The van der Waals surface area contributed by atoms with Gasteiger partial charge in [0.2, 0.25) is 5.91 Å². The van der Waals surface area contributed by atoms with E-state index in [4.69, 9.17) is 5.73 Å². The fourth-order valence-corrected chi connectivity index (χ4v) is 1.81. The van der Waals surface area contributed by atoms with Gasteiger partial charge in [0.25, 0.3) is 0 Å². The highest BCUT2D eigenvalue weighted by atomic mass is 16.2. The molecule has 1 aliphatic heterocycles. The summed E-state index contributed by atoms with van der Waals surface area (Å²) in [7, 11) is 0. The molecule has 1 saturated heterocycles. The molecule has 0 bridgehead atoms. The zero-order valence-electron chi connectivity index (χ0n) is 9.53. The molecule has 0 saturated carbocycles. The molecule has 1 aliphatic rings. The molecule has 2 rings (SSSR count). The van der Waals surface area contributed by atoms with Crippen molar-refractivity contribution in [2.45, 2.75) is 19.9 Å². The van der Waals surface area contributed by atoms with Crippen LogP contribution in [-0.2, 0) is 4.79 Å². The van der Waals surface area contributed by atoms with Gasteiger partial charge in [-0.15, -0.1) is 0 Å². The highest BCUT2D eigenvalue weighted by molar-refractivity contribution is 5.85. The van der Waals surface area contributed by atoms with Crippen LogP contribution in [0, 0.1) is 6.92 Å². The van der Waals surface area contributed by atoms with Crippen LogP contribution in [0.15, 0.2) is 12.1 Å². The summed E-state index contributed by atoms with van der Waals surface area (Å²) in [5.41, 5.74) is 7.20. The van der Waals surface area contributed by atoms with E-state index in [-0.39, 0.29) is 11.9 Å². The molecule has 1 aromatic heterocycles. The van der Waals surface area contributed by atoms with Crippen molar-refractivity contribution in [3.8, 4) is 0 Å². The molecule has 2 heterocycles. The number of hydrogen-bond acceptors (Lipinski definition) is 4. The van der Waals surface area contributed by atoms with Crippen LogP contribution in [0.1, 0.15) is 12.6 Å². The molecule has 5 nitrogen and oxygen atoms in total. The first-order valence-electron chi connectivity index (χ1n) is 5.37. The Bertz CT molecular complexity index is 418. The predicted molar refractivity (Wildman–Crippen MR) is 63.2 cm³/mol. The van der Waals surface area contributed by atoms with E-state index in [1.807, 2.05) is 30.9 Å². The number of aryl methyl sites for hydroxylation is 1. The van der Waals surface area contributed by atoms with Crippen molar-refractivity contribution < 1.29 is 4.79 Å². The zero-order chi connectivity index (χ0) is 11.7. The van der Waals surface area contributed by atoms with Gasteiger partial charge in [0.1, 0.15) is 11.9 Å². The lowest BCUT2D eigenvalue weighted by Crippen LogP contribution is -2.54. The van der Waals surface area contributed by atoms with Gasteiger partial charge in [-0.05, 0) is 26.0 Å². The topological polar surface area (TPSA) is 71.2 Å². The largest absolute Gasteiger partial charge is 0.397 e. The third kappa shape index (κ3) is 1.80. The number of hydrogen-bond donors (Lipinski definition) is 2. The first-order valence-corrected chi connectivity index (χ1v) is 5.37. The number of nitrogens with zero attached hydrogens (tertiary/aromatic N) is 2. The van der Waals surface area contributed by atoms with Gasteiger partial charge in [-0.3, -0.25) is 4.79 Å². The number of nitrogens with two attached hydrogens (primary N) is 1. The number of aromatic nitrogens is 1. The van der Waals surface area contributed by atoms with E-state index in [0.717, 1.165) is 18.1 Å². The fraction of sp³-hybridized carbons (Fsp3) is 0.455. The normalized spacial score (nSPS) is 20.8. The van der Waals surface area contributed by atoms with E-state index >= 15 is 0 Å². The molecule has 3 N–H and O–H groups in total. The van der Waals surface area contributed by atoms with Crippen molar-refractivity contribution in [1.29, 1.82) is 0 Å². The average Bonchev–Trinajstić information content (AvgIpc) is 2.26. The molecule has 1 atom stereocenters. The maximum Gasteiger partial charge on any atom is 0.242 e. The average molecular weight is 220 g/mol. The van der Waals surface area contributed by atoms with Crippen LogP contribution in [0.25, 0.3) is 0 Å². The highest BCUT2D eigenvalue weighted by Crippen LogP contribution is 2.19. The number of piperazine rings is 1. The lowest BCUT2D eigenvalue weighted by Gasteiger charge is -2.33. The summed E-state index contributed by atoms with van der Waals surface area (Å²) in [5, 5.41) is 2.82. The van der Waals surface area contributed by atoms with E-state index in [0.29, 0.717) is 12.2 Å². The first-order chi connectivity index (χ1) is 7.59. The molecule has 5 heteroatoms. The third-order valence-corrected chi connectivity index (χ3v) is 2.91. The molecule has 0 aromatic carbocycles. The Morgan fingerprint density at radius 2 is 2.31 bits per heavy atom. The predicted octanol–water partition coefficient (Wildman–Crippen LogP) is 0.297. The molecular formula is C11H16N4O. The molecule has 1 unspecified atom stereocenters. The Hall–Kier alpha value is -1.78. The number of nitrogens with one attached hydrogen (secondary N) is 1. The van der Waals surface area contributed by atoms with Gasteiger partial charge in [0.05, 0.1) is 11.4 Å². The number of carbonyl (C=O) groups excluding carboxylic acids is 1. The number of carbonyl (C=O) groups is 1. The lowest BCUT2D eigenvalue weighted by atomic mass is 10.2. The van der Waals surface area contributed by atoms with Crippen LogP contribution in [0.5, 0.6) is 0 Å². The minimum atomic E-state index is -0.177. The lowest BCUT2D eigenvalue weighted by molar-refractivity contribution is -0.122. The van der Waals surface area contributed by atoms with Gasteiger partial charge < -0.3 is 16.0 Å². The second-order valence-electron chi connectivity index (χ2n) is 4.00. The van der Waals surface area contributed by atoms with E-state index < -0.39 is 0 Å². The zero-order valence-corrected chi connectivity index (χ0v) is 9.53. The number of nitrogen functional groups attached to an aromatic ring is 1. The molecule has 0 spiro atoms. The van der Waals surface area contributed by atoms with E-state index in [9.17, 15) is 4.79 Å². The van der Waals surface area contributed by atoms with Crippen molar-refractivity contribution in [3.63, 3.8) is 0 Å². The summed E-state index contributed by atoms with van der Waals surface area (Å²) in [6.45, 7) is 5.19. The Balaban J connectivity index is 2.29. The monoisotopic (exact) mass is 220 g/mol. The van der Waals surface area contributed by atoms with Gasteiger partial charge in [-0.25, -0.2) is 4.98 Å². The standard InChI is InChI=1S/C11H16N4O/c1-7-9(12)3-4-10(14-7)15-6-5-13-11(16)8(15)2/h3-4,8H,5-6,12H2,1-2H3,(H,13,16). The Labute approximate surface area is 94.6 Å². The maximum absolute atomic E-state index is 11.5. The van der Waals surface area contributed by atoms with Crippen LogP contribution in [-0.4, -0.2) is 30.0 Å². The van der Waals surface area contributed by atoms with Gasteiger partial charge in [0.15, 0.2) is 0 Å². The number of pyridine rings is 1. The summed E-state index contributed by atoms with van der Waals surface area (Å²) >= 11 is 0. The highest BCUT2D eigenvalue weighted by Gasteiger charge is 2.26. The molecule has 0 radical (unpaired) electrons. The summed E-state index contributed by atoms with van der Waals surface area (Å²) in [4.78, 5) is 17.9. The number of anilines is 2. The van der Waals surface area contributed by atoms with Crippen molar-refractivity contribution >= 4 is 17.4 Å². The second-order valence-corrected chi connectivity index (χ2v) is 4.00. The van der Waals surface area contributed by atoms with E-state index in [1.165, 1.54) is 0 Å². The fourth-order valence-electron chi connectivity index (χ4n) is 1.81. The second kappa shape index (κ2) is 4.00. The SMILES string of the molecule is Cc1nc(N2CCNC(=O)C2C)ccc1N. The first kappa shape index (κ1) is 10.7. The number of amides is 1. The maximum atomic E-state index is 11.5. The summed E-state index contributed by atoms with van der Waals surface area (Å²) < 4.78 is 0. The smallest absolute Gasteiger partial charge is 0.242 e. The minimum Gasteiger partial charge on any atom is -0.397 e. The van der Waals surface area contributed by atoms with Gasteiger partial charge in [0, 0.05) is 13.1 Å². The van der Waals surface area contributed by atoms with Crippen molar-refractivity contribution in [3.05, 3.63) is 17.8 Å². The van der Waals surface area contributed by atoms with Crippen LogP contribution >= 0.6 is 0 Å². The Morgan fingerprint density at radius 3 is 3.00 bits per heavy atom. The van der Waals surface area contributed by atoms with Gasteiger partial charge >= 0.3 is 0 Å². The number of rotatable bonds is 1. The van der Waals surface area contributed by atoms with Gasteiger partial charge in [-0.1, -0.05) is 0 Å². The van der Waals surface area contributed by atoms with Crippen LogP contribution < -0.4 is 16.0 Å². The molecular weight excluding hydrogens is 204 g/mol. The Kier molecular flexibility index (Phi) is 2.68. The summed E-state index contributed by atoms with van der Waals surface area (Å²) in [5.74, 6) is 0.858. The minimum absolute atomic E-state index is 0.0440. The van der Waals surface area contributed by atoms with Gasteiger partial charge in [-0.2, -0.15) is 0 Å². The summed E-state index contributed by atoms with van der Waals surface area (Å²) in [6.07, 6.45) is 0. The molecule has 1 aromatic rings. The van der Waals surface area contributed by atoms with Crippen LogP contribution in [0.3, 0.4) is 0 Å².